The van der Waals surface area contributed by atoms with E-state index in [1.54, 1.807) is 0 Å². The quantitative estimate of drug-likeness (QED) is 0.598. The predicted molar refractivity (Wildman–Crippen MR) is 50.2 cm³/mol. The van der Waals surface area contributed by atoms with Crippen molar-refractivity contribution in [3.05, 3.63) is 35.9 Å². The van der Waals surface area contributed by atoms with Crippen LogP contribution in [0.4, 0.5) is 4.79 Å². The van der Waals surface area contributed by atoms with Crippen LogP contribution in [0.15, 0.2) is 30.3 Å². The Kier molecular flexibility index (Phi) is 12.2. The van der Waals surface area contributed by atoms with Gasteiger partial charge in [-0.1, -0.05) is 30.3 Å². The van der Waals surface area contributed by atoms with Crippen LogP contribution in [0.3, 0.4) is 0 Å². The van der Waals surface area contributed by atoms with Crippen molar-refractivity contribution in [2.24, 2.45) is 0 Å². The molecule has 0 aromatic heterocycles. The van der Waals surface area contributed by atoms with Gasteiger partial charge in [0.25, 0.3) is 0 Å². The number of aliphatic hydroxyl groups excluding tert-OH is 1. The molecular weight excluding hydrogens is 199 g/mol. The molecule has 68 valence electrons. The number of benzene rings is 1. The normalized spacial score (nSPS) is 7.46. The molecule has 0 radical (unpaired) electrons. The van der Waals surface area contributed by atoms with Crippen molar-refractivity contribution in [1.29, 1.82) is 0 Å². The second-order valence-electron chi connectivity index (χ2n) is 1.93. The fourth-order valence-corrected chi connectivity index (χ4v) is 0.583. The molecule has 0 bridgehead atoms. The van der Waals surface area contributed by atoms with E-state index in [0.29, 0.717) is 0 Å². The van der Waals surface area contributed by atoms with E-state index in [2.05, 4.69) is 0 Å². The van der Waals surface area contributed by atoms with Gasteiger partial charge in [-0.2, -0.15) is 0 Å². The van der Waals surface area contributed by atoms with Crippen molar-refractivity contribution in [2.75, 3.05) is 0 Å². The van der Waals surface area contributed by atoms with Crippen LogP contribution in [-0.2, 0) is 6.61 Å². The first-order chi connectivity index (χ1) is 5.66. The summed E-state index contributed by atoms with van der Waals surface area (Å²) in [6.07, 6.45) is -1.83. The van der Waals surface area contributed by atoms with Gasteiger partial charge < -0.3 is 15.3 Å². The summed E-state index contributed by atoms with van der Waals surface area (Å²) in [6, 6.07) is 9.52. The van der Waals surface area contributed by atoms with Crippen molar-refractivity contribution in [3.63, 3.8) is 0 Å². The predicted octanol–water partition coefficient (Wildman–Crippen LogP) is 0.753. The Labute approximate surface area is 119 Å². The van der Waals surface area contributed by atoms with Crippen LogP contribution in [0.2, 0.25) is 0 Å². The van der Waals surface area contributed by atoms with Crippen molar-refractivity contribution in [3.8, 4) is 0 Å². The van der Waals surface area contributed by atoms with Crippen LogP contribution in [0.1, 0.15) is 5.56 Å². The zero-order valence-electron chi connectivity index (χ0n) is 6.34. The molecule has 0 heterocycles. The standard InChI is InChI=1S/C7H8O.CH2O3.K.H/c8-6-7-4-2-1-3-5-7;2-1(3)4;;/h1-5,8H,6H2;(H2,2,3,4);;. The monoisotopic (exact) mass is 210 g/mol. The van der Waals surface area contributed by atoms with Crippen molar-refractivity contribution >= 4 is 57.5 Å². The van der Waals surface area contributed by atoms with Crippen LogP contribution < -0.4 is 0 Å². The topological polar surface area (TPSA) is 77.8 Å². The molecule has 0 saturated heterocycles. The van der Waals surface area contributed by atoms with Crippen molar-refractivity contribution < 1.29 is 20.1 Å². The summed E-state index contributed by atoms with van der Waals surface area (Å²) in [5, 5.41) is 22.5. The zero-order valence-corrected chi connectivity index (χ0v) is 6.34. The van der Waals surface area contributed by atoms with Gasteiger partial charge in [-0.25, -0.2) is 4.79 Å². The first kappa shape index (κ1) is 15.6. The molecule has 0 aliphatic rings. The van der Waals surface area contributed by atoms with E-state index in [1.807, 2.05) is 30.3 Å². The van der Waals surface area contributed by atoms with E-state index in [4.69, 9.17) is 20.1 Å². The summed E-state index contributed by atoms with van der Waals surface area (Å²) in [7, 11) is 0. The molecule has 1 aromatic carbocycles. The zero-order chi connectivity index (χ0) is 9.40. The third-order valence-corrected chi connectivity index (χ3v) is 1.03. The summed E-state index contributed by atoms with van der Waals surface area (Å²) in [5.74, 6) is 0. The fraction of sp³-hybridized carbons (Fsp3) is 0.125. The van der Waals surface area contributed by atoms with Crippen LogP contribution >= 0.6 is 0 Å². The van der Waals surface area contributed by atoms with Gasteiger partial charge in [-0.15, -0.1) is 0 Å². The van der Waals surface area contributed by atoms with E-state index >= 15 is 0 Å². The SMILES string of the molecule is O=C(O)O.OCc1ccccc1.[KH]. The Bertz CT molecular complexity index is 221. The molecule has 0 aliphatic carbocycles. The molecule has 13 heavy (non-hydrogen) atoms. The van der Waals surface area contributed by atoms with Gasteiger partial charge in [0.2, 0.25) is 0 Å². The third-order valence-electron chi connectivity index (χ3n) is 1.03. The molecule has 0 spiro atoms. The van der Waals surface area contributed by atoms with Gasteiger partial charge in [0.1, 0.15) is 0 Å². The van der Waals surface area contributed by atoms with Crippen LogP contribution in [-0.4, -0.2) is 72.9 Å². The van der Waals surface area contributed by atoms with Gasteiger partial charge in [-0.05, 0) is 5.56 Å². The summed E-state index contributed by atoms with van der Waals surface area (Å²) in [6.45, 7) is 0.140. The molecule has 3 N–H and O–H groups in total. The average molecular weight is 210 g/mol. The number of hydrogen-bond acceptors (Lipinski definition) is 2. The molecular formula is C8H11KO4. The Hall–Kier alpha value is 0.0864. The molecule has 0 aliphatic heterocycles. The van der Waals surface area contributed by atoms with E-state index in [0.717, 1.165) is 5.56 Å². The molecule has 4 nitrogen and oxygen atoms in total. The Morgan fingerprint density at radius 1 is 1.15 bits per heavy atom. The molecule has 0 fully saturated rings. The second-order valence-corrected chi connectivity index (χ2v) is 1.93. The van der Waals surface area contributed by atoms with Gasteiger partial charge in [0, 0.05) is 0 Å². The molecule has 0 atom stereocenters. The van der Waals surface area contributed by atoms with Crippen molar-refractivity contribution in [2.45, 2.75) is 6.61 Å². The number of carbonyl (C=O) groups is 1. The van der Waals surface area contributed by atoms with E-state index < -0.39 is 6.16 Å². The number of rotatable bonds is 1. The van der Waals surface area contributed by atoms with Crippen LogP contribution in [0.25, 0.3) is 0 Å². The second kappa shape index (κ2) is 10.2. The molecule has 0 amide bonds. The molecule has 5 heteroatoms. The first-order valence-electron chi connectivity index (χ1n) is 3.23. The summed E-state index contributed by atoms with van der Waals surface area (Å²) < 4.78 is 0. The number of aliphatic hydroxyl groups is 1. The number of carboxylic acid groups (broad SMARTS) is 2. The third kappa shape index (κ3) is 12.1. The van der Waals surface area contributed by atoms with Crippen LogP contribution in [0.5, 0.6) is 0 Å². The fourth-order valence-electron chi connectivity index (χ4n) is 0.583. The van der Waals surface area contributed by atoms with Crippen LogP contribution in [0, 0.1) is 0 Å². The minimum absolute atomic E-state index is 0. The average Bonchev–Trinajstić information content (AvgIpc) is 2.05. The Morgan fingerprint density at radius 3 is 1.77 bits per heavy atom. The first-order valence-corrected chi connectivity index (χ1v) is 3.23. The van der Waals surface area contributed by atoms with E-state index in [1.165, 1.54) is 0 Å². The van der Waals surface area contributed by atoms with E-state index in [9.17, 15) is 0 Å². The minimum atomic E-state index is -1.83. The molecule has 0 unspecified atom stereocenters. The summed E-state index contributed by atoms with van der Waals surface area (Å²) in [4.78, 5) is 8.56. The Balaban J connectivity index is 0. The maximum absolute atomic E-state index is 8.56. The maximum atomic E-state index is 8.56. The van der Waals surface area contributed by atoms with Gasteiger partial charge >= 0.3 is 57.5 Å². The van der Waals surface area contributed by atoms with Gasteiger partial charge in [-0.3, -0.25) is 0 Å². The Morgan fingerprint density at radius 2 is 1.54 bits per heavy atom. The summed E-state index contributed by atoms with van der Waals surface area (Å²) in [5.41, 5.74) is 0.965. The van der Waals surface area contributed by atoms with Gasteiger partial charge in [0.15, 0.2) is 0 Å². The van der Waals surface area contributed by atoms with Crippen molar-refractivity contribution in [1.82, 2.24) is 0 Å². The molecule has 1 aromatic rings. The van der Waals surface area contributed by atoms with Gasteiger partial charge in [0.05, 0.1) is 6.61 Å². The van der Waals surface area contributed by atoms with E-state index in [-0.39, 0.29) is 58.0 Å². The molecule has 1 rings (SSSR count). The number of hydrogen-bond donors (Lipinski definition) is 3. The summed E-state index contributed by atoms with van der Waals surface area (Å²) >= 11 is 0. The molecule has 0 saturated carbocycles.